The molecule has 9 heteroatoms. The van der Waals surface area contributed by atoms with E-state index in [4.69, 9.17) is 25.8 Å². The number of halogens is 3. The van der Waals surface area contributed by atoms with Gasteiger partial charge in [0.25, 0.3) is 0 Å². The number of carbonyl (C=O) groups is 1. The van der Waals surface area contributed by atoms with Crippen LogP contribution in [0.1, 0.15) is 50.3 Å². The predicted octanol–water partition coefficient (Wildman–Crippen LogP) is 7.33. The summed E-state index contributed by atoms with van der Waals surface area (Å²) in [6.45, 7) is 7.64. The van der Waals surface area contributed by atoms with Crippen molar-refractivity contribution in [3.8, 4) is 28.7 Å². The van der Waals surface area contributed by atoms with Crippen molar-refractivity contribution in [1.29, 1.82) is 5.26 Å². The molecule has 3 aromatic carbocycles. The zero-order chi connectivity index (χ0) is 28.7. The number of nitrogens with one attached hydrogen (secondary N) is 1. The average molecular weight is 555 g/mol. The molecule has 3 unspecified atom stereocenters. The molecule has 6 nitrogen and oxygen atoms in total. The number of amides is 1. The lowest BCUT2D eigenvalue weighted by Crippen LogP contribution is -2.60. The lowest BCUT2D eigenvalue weighted by molar-refractivity contribution is -0.0156. The number of alkyl carbamates (subject to hydrolysis) is 1. The molecule has 1 N–H and O–H groups in total. The fourth-order valence-corrected chi connectivity index (χ4v) is 5.79. The molecule has 204 valence electrons. The van der Waals surface area contributed by atoms with Gasteiger partial charge in [0.15, 0.2) is 17.2 Å². The van der Waals surface area contributed by atoms with Crippen molar-refractivity contribution < 1.29 is 27.8 Å². The molecule has 0 fully saturated rings. The number of benzene rings is 3. The summed E-state index contributed by atoms with van der Waals surface area (Å²) >= 11 is 6.55. The van der Waals surface area contributed by atoms with Crippen molar-refractivity contribution in [1.82, 2.24) is 5.32 Å². The van der Waals surface area contributed by atoms with Gasteiger partial charge in [-0.1, -0.05) is 69.6 Å². The zero-order valence-electron chi connectivity index (χ0n) is 22.5. The molecule has 1 aliphatic rings. The summed E-state index contributed by atoms with van der Waals surface area (Å²) in [5.74, 6) is -2.33. The number of nitrogens with zero attached hydrogens (tertiary/aromatic N) is 1. The van der Waals surface area contributed by atoms with Crippen molar-refractivity contribution in [2.24, 2.45) is 5.41 Å². The van der Waals surface area contributed by atoms with Crippen LogP contribution in [0.25, 0.3) is 11.1 Å². The first kappa shape index (κ1) is 28.2. The summed E-state index contributed by atoms with van der Waals surface area (Å²) in [5, 5.41) is 12.4. The van der Waals surface area contributed by atoms with Gasteiger partial charge in [-0.25, -0.2) is 13.6 Å². The van der Waals surface area contributed by atoms with Crippen LogP contribution in [0.15, 0.2) is 48.5 Å². The van der Waals surface area contributed by atoms with E-state index < -0.39 is 40.7 Å². The van der Waals surface area contributed by atoms with Crippen LogP contribution in [0.5, 0.6) is 11.5 Å². The second kappa shape index (κ2) is 10.4. The Hall–Kier alpha value is -3.83. The molecule has 0 aliphatic carbocycles. The molecule has 39 heavy (non-hydrogen) atoms. The van der Waals surface area contributed by atoms with Crippen molar-refractivity contribution in [3.63, 3.8) is 0 Å². The number of hydrogen-bond acceptors (Lipinski definition) is 5. The molecular formula is C30H29ClF2N2O4. The summed E-state index contributed by atoms with van der Waals surface area (Å²) in [6.07, 6.45) is -0.674. The zero-order valence-corrected chi connectivity index (χ0v) is 23.2. The third kappa shape index (κ3) is 4.55. The van der Waals surface area contributed by atoms with E-state index in [1.807, 2.05) is 64.1 Å². The molecule has 1 amide bonds. The molecule has 3 atom stereocenters. The maximum absolute atomic E-state index is 15.8. The second-order valence-electron chi connectivity index (χ2n) is 10.5. The lowest BCUT2D eigenvalue weighted by atomic mass is 9.66. The summed E-state index contributed by atoms with van der Waals surface area (Å²) < 4.78 is 48.0. The van der Waals surface area contributed by atoms with E-state index in [0.29, 0.717) is 11.1 Å². The van der Waals surface area contributed by atoms with Gasteiger partial charge in [-0.2, -0.15) is 5.26 Å². The lowest BCUT2D eigenvalue weighted by Gasteiger charge is -2.46. The quantitative estimate of drug-likeness (QED) is 0.357. The number of nitriles is 1. The van der Waals surface area contributed by atoms with Crippen molar-refractivity contribution in [3.05, 3.63) is 81.9 Å². The van der Waals surface area contributed by atoms with Gasteiger partial charge in [-0.15, -0.1) is 0 Å². The van der Waals surface area contributed by atoms with E-state index in [-0.39, 0.29) is 33.2 Å². The molecule has 0 saturated carbocycles. The summed E-state index contributed by atoms with van der Waals surface area (Å²) in [4.78, 5) is 12.6. The number of fused-ring (bicyclic) bond motifs is 1. The summed E-state index contributed by atoms with van der Waals surface area (Å²) in [7, 11) is 2.56. The van der Waals surface area contributed by atoms with Crippen LogP contribution >= 0.6 is 11.6 Å². The van der Waals surface area contributed by atoms with Gasteiger partial charge in [0.2, 0.25) is 0 Å². The summed E-state index contributed by atoms with van der Waals surface area (Å²) in [6, 6.07) is 14.4. The Morgan fingerprint density at radius 1 is 1.15 bits per heavy atom. The van der Waals surface area contributed by atoms with Gasteiger partial charge in [0.1, 0.15) is 11.6 Å². The van der Waals surface area contributed by atoms with Crippen LogP contribution in [0.2, 0.25) is 5.02 Å². The minimum atomic E-state index is -1.30. The second-order valence-corrected chi connectivity index (χ2v) is 10.9. The maximum Gasteiger partial charge on any atom is 0.407 e. The molecular weight excluding hydrogens is 526 g/mol. The van der Waals surface area contributed by atoms with E-state index in [1.54, 1.807) is 0 Å². The van der Waals surface area contributed by atoms with Gasteiger partial charge < -0.3 is 19.5 Å². The van der Waals surface area contributed by atoms with Gasteiger partial charge in [-0.3, -0.25) is 0 Å². The normalized spacial score (nSPS) is 18.9. The highest BCUT2D eigenvalue weighted by molar-refractivity contribution is 6.34. The van der Waals surface area contributed by atoms with Crippen LogP contribution in [0.4, 0.5) is 13.6 Å². The topological polar surface area (TPSA) is 80.6 Å². The Morgan fingerprint density at radius 3 is 2.38 bits per heavy atom. The Kier molecular flexibility index (Phi) is 7.50. The van der Waals surface area contributed by atoms with Crippen LogP contribution in [0.3, 0.4) is 0 Å². The number of methoxy groups -OCH3 is 2. The van der Waals surface area contributed by atoms with Crippen LogP contribution < -0.4 is 14.8 Å². The number of rotatable bonds is 5. The molecule has 0 radical (unpaired) electrons. The third-order valence-electron chi connectivity index (χ3n) is 7.24. The third-order valence-corrected chi connectivity index (χ3v) is 7.61. The molecule has 0 saturated heterocycles. The molecule has 1 aliphatic heterocycles. The van der Waals surface area contributed by atoms with Crippen molar-refractivity contribution in [2.75, 3.05) is 14.2 Å². The first-order valence-corrected chi connectivity index (χ1v) is 12.7. The van der Waals surface area contributed by atoms with Gasteiger partial charge >= 0.3 is 6.09 Å². The monoisotopic (exact) mass is 554 g/mol. The summed E-state index contributed by atoms with van der Waals surface area (Å²) in [5.41, 5.74) is -1.06. The molecule has 1 heterocycles. The van der Waals surface area contributed by atoms with Gasteiger partial charge in [-0.05, 0) is 23.1 Å². The predicted molar refractivity (Wildman–Crippen MR) is 144 cm³/mol. The smallest absolute Gasteiger partial charge is 0.407 e. The fourth-order valence-electron chi connectivity index (χ4n) is 5.54. The minimum absolute atomic E-state index is 0.00403. The Bertz CT molecular complexity index is 1470. The van der Waals surface area contributed by atoms with E-state index >= 15 is 8.78 Å². The SMILES string of the molecule is COC(=O)NC(C(C)(C)C)C1(c2ccccc2)Oc2cc(F)c(Cl)c(-c3c(C#N)ccc(OC)c3F)c2C1C. The molecule has 4 rings (SSSR count). The first-order chi connectivity index (χ1) is 18.4. The van der Waals surface area contributed by atoms with E-state index in [1.165, 1.54) is 26.4 Å². The highest BCUT2D eigenvalue weighted by Crippen LogP contribution is 2.59. The molecule has 3 aromatic rings. The molecule has 0 aromatic heterocycles. The fraction of sp³-hybridized carbons (Fsp3) is 0.333. The number of hydrogen-bond donors (Lipinski definition) is 1. The van der Waals surface area contributed by atoms with E-state index in [0.717, 1.165) is 6.07 Å². The number of carbonyl (C=O) groups excluding carboxylic acids is 1. The van der Waals surface area contributed by atoms with Gasteiger partial charge in [0, 0.05) is 28.7 Å². The minimum Gasteiger partial charge on any atom is -0.494 e. The molecule has 0 bridgehead atoms. The Labute approximate surface area is 231 Å². The highest BCUT2D eigenvalue weighted by Gasteiger charge is 2.58. The van der Waals surface area contributed by atoms with Gasteiger partial charge in [0.05, 0.1) is 36.9 Å². The van der Waals surface area contributed by atoms with Crippen LogP contribution in [-0.4, -0.2) is 26.4 Å². The highest BCUT2D eigenvalue weighted by atomic mass is 35.5. The van der Waals surface area contributed by atoms with Crippen LogP contribution in [0, 0.1) is 28.4 Å². The van der Waals surface area contributed by atoms with Crippen molar-refractivity contribution >= 4 is 17.7 Å². The van der Waals surface area contributed by atoms with E-state index in [9.17, 15) is 10.1 Å². The average Bonchev–Trinajstić information content (AvgIpc) is 3.19. The van der Waals surface area contributed by atoms with Crippen molar-refractivity contribution in [2.45, 2.75) is 45.3 Å². The van der Waals surface area contributed by atoms with Crippen LogP contribution in [-0.2, 0) is 10.3 Å². The largest absolute Gasteiger partial charge is 0.494 e. The maximum atomic E-state index is 15.8. The first-order valence-electron chi connectivity index (χ1n) is 12.3. The Morgan fingerprint density at radius 2 is 1.82 bits per heavy atom. The van der Waals surface area contributed by atoms with E-state index in [2.05, 4.69) is 5.32 Å². The molecule has 0 spiro atoms. The standard InChI is InChI=1S/C30H29ClF2N2O4/c1-16-22-21(14-19(32)25(31)24(22)23-17(15-34)12-13-20(37-5)26(23)33)39-30(16,18-10-8-7-9-11-18)27(29(2,3)4)35-28(36)38-6/h7-14,16,27H,1-6H3,(H,35,36). The number of ether oxygens (including phenoxy) is 3. The Balaban J connectivity index is 2.10.